The van der Waals surface area contributed by atoms with Crippen LogP contribution < -0.4 is 4.90 Å². The van der Waals surface area contributed by atoms with Crippen molar-refractivity contribution in [3.8, 4) is 0 Å². The number of nitrogens with zero attached hydrogens (tertiary/aromatic N) is 2. The Bertz CT molecular complexity index is 426. The van der Waals surface area contributed by atoms with Gasteiger partial charge in [0.05, 0.1) is 5.71 Å². The van der Waals surface area contributed by atoms with Gasteiger partial charge in [-0.15, -0.1) is 0 Å². The molecule has 18 heavy (non-hydrogen) atoms. The van der Waals surface area contributed by atoms with Crippen molar-refractivity contribution in [1.82, 2.24) is 0 Å². The van der Waals surface area contributed by atoms with Gasteiger partial charge in [0.15, 0.2) is 0 Å². The van der Waals surface area contributed by atoms with E-state index in [1.54, 1.807) is 0 Å². The van der Waals surface area contributed by atoms with Gasteiger partial charge in [-0.1, -0.05) is 37.2 Å². The molecule has 0 unspecified atom stereocenters. The van der Waals surface area contributed by atoms with Gasteiger partial charge < -0.3 is 10.1 Å². The second-order valence-electron chi connectivity index (χ2n) is 5.34. The summed E-state index contributed by atoms with van der Waals surface area (Å²) in [6.07, 6.45) is 3.10. The van der Waals surface area contributed by atoms with E-state index in [1.165, 1.54) is 12.1 Å². The lowest BCUT2D eigenvalue weighted by molar-refractivity contribution is 0.318. The van der Waals surface area contributed by atoms with Crippen LogP contribution in [0.3, 0.4) is 0 Å². The number of benzene rings is 1. The molecule has 1 aromatic rings. The molecule has 1 heterocycles. The number of anilines is 1. The summed E-state index contributed by atoms with van der Waals surface area (Å²) in [5.41, 5.74) is 3.11. The van der Waals surface area contributed by atoms with Gasteiger partial charge in [-0.25, -0.2) is 0 Å². The second-order valence-corrected chi connectivity index (χ2v) is 5.34. The summed E-state index contributed by atoms with van der Waals surface area (Å²) < 4.78 is 0. The summed E-state index contributed by atoms with van der Waals surface area (Å²) in [7, 11) is 0. The van der Waals surface area contributed by atoms with Crippen molar-refractivity contribution in [2.24, 2.45) is 11.1 Å². The average molecular weight is 246 g/mol. The van der Waals surface area contributed by atoms with Crippen molar-refractivity contribution in [1.29, 1.82) is 0 Å². The molecule has 0 saturated carbocycles. The number of fused-ring (bicyclic) bond motifs is 1. The van der Waals surface area contributed by atoms with E-state index in [-0.39, 0.29) is 0 Å². The molecule has 0 aromatic heterocycles. The van der Waals surface area contributed by atoms with E-state index in [0.29, 0.717) is 5.92 Å². The largest absolute Gasteiger partial charge is 0.411 e. The van der Waals surface area contributed by atoms with Crippen LogP contribution in [0.4, 0.5) is 5.69 Å². The predicted molar refractivity (Wildman–Crippen MR) is 75.7 cm³/mol. The molecule has 3 nitrogen and oxygen atoms in total. The van der Waals surface area contributed by atoms with Crippen LogP contribution >= 0.6 is 0 Å². The molecular formula is C15H22N2O. The molecule has 1 aliphatic heterocycles. The molecule has 0 aliphatic carbocycles. The zero-order chi connectivity index (χ0) is 13.0. The normalized spacial score (nSPS) is 17.9. The third kappa shape index (κ3) is 2.84. The van der Waals surface area contributed by atoms with E-state index in [2.05, 4.69) is 42.1 Å². The van der Waals surface area contributed by atoms with E-state index in [9.17, 15) is 0 Å². The lowest BCUT2D eigenvalue weighted by Crippen LogP contribution is -2.26. The first-order valence-corrected chi connectivity index (χ1v) is 6.77. The topological polar surface area (TPSA) is 35.8 Å². The Hall–Kier alpha value is -1.51. The van der Waals surface area contributed by atoms with Crippen molar-refractivity contribution >= 4 is 11.4 Å². The fraction of sp³-hybridized carbons (Fsp3) is 0.533. The van der Waals surface area contributed by atoms with Gasteiger partial charge in [-0.2, -0.15) is 0 Å². The Morgan fingerprint density at radius 1 is 1.33 bits per heavy atom. The molecule has 0 spiro atoms. The van der Waals surface area contributed by atoms with E-state index < -0.39 is 0 Å². The quantitative estimate of drug-likeness (QED) is 0.654. The zero-order valence-corrected chi connectivity index (χ0v) is 11.3. The minimum Gasteiger partial charge on any atom is -0.411 e. The molecule has 0 fully saturated rings. The van der Waals surface area contributed by atoms with Crippen molar-refractivity contribution in [2.75, 3.05) is 18.0 Å². The lowest BCUT2D eigenvalue weighted by Gasteiger charge is -2.25. The molecule has 0 radical (unpaired) electrons. The highest BCUT2D eigenvalue weighted by Crippen LogP contribution is 2.27. The van der Waals surface area contributed by atoms with Crippen molar-refractivity contribution in [2.45, 2.75) is 33.1 Å². The molecule has 0 atom stereocenters. The van der Waals surface area contributed by atoms with Gasteiger partial charge in [0.1, 0.15) is 0 Å². The summed E-state index contributed by atoms with van der Waals surface area (Å²) in [5, 5.41) is 12.6. The highest BCUT2D eigenvalue weighted by Gasteiger charge is 2.19. The molecule has 3 heteroatoms. The van der Waals surface area contributed by atoms with Crippen LogP contribution in [0.2, 0.25) is 0 Å². The molecule has 0 saturated heterocycles. The number of hydrogen-bond donors (Lipinski definition) is 1. The third-order valence-electron chi connectivity index (χ3n) is 3.49. The molecule has 1 aliphatic rings. The molecule has 2 rings (SSSR count). The first-order chi connectivity index (χ1) is 8.72. The van der Waals surface area contributed by atoms with E-state index in [1.807, 2.05) is 6.07 Å². The smallest absolute Gasteiger partial charge is 0.0889 e. The Morgan fingerprint density at radius 3 is 2.83 bits per heavy atom. The minimum absolute atomic E-state index is 0.714. The summed E-state index contributed by atoms with van der Waals surface area (Å²) >= 11 is 0. The first kappa shape index (κ1) is 12.9. The van der Waals surface area contributed by atoms with Gasteiger partial charge in [0.2, 0.25) is 0 Å². The highest BCUT2D eigenvalue weighted by molar-refractivity contribution is 6.05. The van der Waals surface area contributed by atoms with Gasteiger partial charge in [0, 0.05) is 24.3 Å². The summed E-state index contributed by atoms with van der Waals surface area (Å²) in [6, 6.07) is 8.25. The molecule has 0 amide bonds. The maximum atomic E-state index is 9.14. The molecule has 0 bridgehead atoms. The van der Waals surface area contributed by atoms with Crippen LogP contribution in [-0.4, -0.2) is 24.0 Å². The van der Waals surface area contributed by atoms with Crippen molar-refractivity contribution < 1.29 is 5.21 Å². The number of hydrogen-bond acceptors (Lipinski definition) is 3. The van der Waals surface area contributed by atoms with Crippen LogP contribution in [-0.2, 0) is 0 Å². The monoisotopic (exact) mass is 246 g/mol. The highest BCUT2D eigenvalue weighted by atomic mass is 16.4. The van der Waals surface area contributed by atoms with Gasteiger partial charge in [-0.05, 0) is 31.2 Å². The van der Waals surface area contributed by atoms with E-state index >= 15 is 0 Å². The summed E-state index contributed by atoms with van der Waals surface area (Å²) in [5.74, 6) is 0.714. The minimum atomic E-state index is 0.714. The van der Waals surface area contributed by atoms with Crippen LogP contribution in [0.15, 0.2) is 29.4 Å². The first-order valence-electron chi connectivity index (χ1n) is 6.77. The third-order valence-corrected chi connectivity index (χ3v) is 3.49. The van der Waals surface area contributed by atoms with Crippen LogP contribution in [0.5, 0.6) is 0 Å². The summed E-state index contributed by atoms with van der Waals surface area (Å²) in [6.45, 7) is 6.63. The molecule has 1 N–H and O–H groups in total. The number of para-hydroxylation sites is 1. The standard InChI is InChI=1S/C15H22N2O/c1-12(2)9-11-17-10-5-7-14(16-18)13-6-3-4-8-15(13)17/h3-4,6,8,12,18H,5,7,9-11H2,1-2H3/b16-14-. The Kier molecular flexibility index (Phi) is 4.24. The van der Waals surface area contributed by atoms with E-state index in [0.717, 1.165) is 37.2 Å². The Balaban J connectivity index is 2.27. The lowest BCUT2D eigenvalue weighted by atomic mass is 10.1. The Labute approximate surface area is 109 Å². The van der Waals surface area contributed by atoms with Crippen molar-refractivity contribution in [3.63, 3.8) is 0 Å². The number of oxime groups is 1. The van der Waals surface area contributed by atoms with Crippen LogP contribution in [0, 0.1) is 5.92 Å². The SMILES string of the molecule is CC(C)CCN1CCC/C(=N/O)c2ccccc21. The van der Waals surface area contributed by atoms with Crippen molar-refractivity contribution in [3.05, 3.63) is 29.8 Å². The fourth-order valence-corrected chi connectivity index (χ4v) is 2.44. The van der Waals surface area contributed by atoms with Gasteiger partial charge in [0.25, 0.3) is 0 Å². The van der Waals surface area contributed by atoms with Gasteiger partial charge >= 0.3 is 0 Å². The average Bonchev–Trinajstić information content (AvgIpc) is 2.55. The maximum Gasteiger partial charge on any atom is 0.0889 e. The maximum absolute atomic E-state index is 9.14. The fourth-order valence-electron chi connectivity index (χ4n) is 2.44. The van der Waals surface area contributed by atoms with E-state index in [4.69, 9.17) is 5.21 Å². The molecule has 1 aromatic carbocycles. The predicted octanol–water partition coefficient (Wildman–Crippen LogP) is 3.51. The van der Waals surface area contributed by atoms with Gasteiger partial charge in [-0.3, -0.25) is 0 Å². The summed E-state index contributed by atoms with van der Waals surface area (Å²) in [4.78, 5) is 2.42. The molecular weight excluding hydrogens is 224 g/mol. The van der Waals surface area contributed by atoms with Crippen LogP contribution in [0.25, 0.3) is 0 Å². The van der Waals surface area contributed by atoms with Crippen LogP contribution in [0.1, 0.15) is 38.7 Å². The number of rotatable bonds is 3. The second kappa shape index (κ2) is 5.89. The zero-order valence-electron chi connectivity index (χ0n) is 11.3. The molecule has 98 valence electrons. The Morgan fingerprint density at radius 2 is 2.11 bits per heavy atom.